The summed E-state index contributed by atoms with van der Waals surface area (Å²) >= 11 is 1.37. The number of urea groups is 1. The van der Waals surface area contributed by atoms with Crippen molar-refractivity contribution in [1.29, 1.82) is 0 Å². The van der Waals surface area contributed by atoms with E-state index in [9.17, 15) is 14.4 Å². The van der Waals surface area contributed by atoms with Crippen LogP contribution in [0.1, 0.15) is 13.8 Å². The van der Waals surface area contributed by atoms with Crippen LogP contribution in [0.15, 0.2) is 39.8 Å². The number of carbonyl (C=O) groups excluding carboxylic acids is 3. The summed E-state index contributed by atoms with van der Waals surface area (Å²) < 4.78 is 0. The Bertz CT molecular complexity index is 742. The van der Waals surface area contributed by atoms with Gasteiger partial charge in [-0.3, -0.25) is 19.8 Å². The number of thioether (sulfide) groups is 1. The van der Waals surface area contributed by atoms with Gasteiger partial charge < -0.3 is 4.90 Å². The molecule has 0 aromatic heterocycles. The van der Waals surface area contributed by atoms with Gasteiger partial charge in [-0.25, -0.2) is 4.79 Å². The summed E-state index contributed by atoms with van der Waals surface area (Å²) in [4.78, 5) is 40.8. The predicted octanol–water partition coefficient (Wildman–Crippen LogP) is 2.17. The standard InChI is InChI=1S/C16H17N3O3S/c1-9(2)8-19-14(21)12(13(20)17-16(19)22)15-18(3)10-6-4-5-7-11(10)23-15/h4-7,9H,8H2,1-3H3,(H,17,20,22)/b15-12+. The molecule has 1 aromatic carbocycles. The number of para-hydroxylation sites is 1. The monoisotopic (exact) mass is 331 g/mol. The molecule has 0 spiro atoms. The number of nitrogens with zero attached hydrogens (tertiary/aromatic N) is 2. The smallest absolute Gasteiger partial charge is 0.331 e. The first-order valence-electron chi connectivity index (χ1n) is 7.32. The number of barbiturate groups is 1. The summed E-state index contributed by atoms with van der Waals surface area (Å²) in [5.41, 5.74) is 0.960. The number of hydrogen-bond acceptors (Lipinski definition) is 5. The highest BCUT2D eigenvalue weighted by molar-refractivity contribution is 8.03. The third kappa shape index (κ3) is 2.61. The van der Waals surface area contributed by atoms with Crippen molar-refractivity contribution < 1.29 is 14.4 Å². The normalized spacial score (nSPS) is 21.1. The Labute approximate surface area is 138 Å². The molecule has 4 amide bonds. The van der Waals surface area contributed by atoms with E-state index < -0.39 is 17.8 Å². The van der Waals surface area contributed by atoms with E-state index in [1.807, 2.05) is 50.1 Å². The van der Waals surface area contributed by atoms with E-state index in [1.165, 1.54) is 11.8 Å². The largest absolute Gasteiger partial charge is 0.337 e. The van der Waals surface area contributed by atoms with E-state index >= 15 is 0 Å². The molecule has 1 aromatic rings. The van der Waals surface area contributed by atoms with E-state index in [-0.39, 0.29) is 18.0 Å². The van der Waals surface area contributed by atoms with Crippen LogP contribution in [0, 0.1) is 5.92 Å². The summed E-state index contributed by atoms with van der Waals surface area (Å²) in [7, 11) is 1.81. The topological polar surface area (TPSA) is 69.7 Å². The first kappa shape index (κ1) is 15.6. The lowest BCUT2D eigenvalue weighted by Crippen LogP contribution is -2.55. The van der Waals surface area contributed by atoms with Gasteiger partial charge >= 0.3 is 6.03 Å². The molecule has 2 aliphatic rings. The molecule has 3 rings (SSSR count). The van der Waals surface area contributed by atoms with E-state index in [0.717, 1.165) is 15.5 Å². The molecule has 1 N–H and O–H groups in total. The molecule has 2 heterocycles. The summed E-state index contributed by atoms with van der Waals surface area (Å²) in [6.07, 6.45) is 0. The molecule has 1 saturated heterocycles. The third-order valence-electron chi connectivity index (χ3n) is 3.65. The summed E-state index contributed by atoms with van der Waals surface area (Å²) in [5, 5.41) is 2.82. The van der Waals surface area contributed by atoms with Crippen molar-refractivity contribution >= 4 is 35.3 Å². The van der Waals surface area contributed by atoms with Crippen molar-refractivity contribution in [3.05, 3.63) is 34.9 Å². The minimum absolute atomic E-state index is 0.0222. The van der Waals surface area contributed by atoms with Gasteiger partial charge in [0.15, 0.2) is 0 Å². The molecule has 120 valence electrons. The molecular formula is C16H17N3O3S. The Hall–Kier alpha value is -2.28. The summed E-state index contributed by atoms with van der Waals surface area (Å²) in [6.45, 7) is 4.10. The van der Waals surface area contributed by atoms with Crippen LogP contribution in [0.3, 0.4) is 0 Å². The fraction of sp³-hybridized carbons (Fsp3) is 0.312. The quantitative estimate of drug-likeness (QED) is 0.664. The molecule has 0 aliphatic carbocycles. The van der Waals surface area contributed by atoms with Crippen LogP contribution in [-0.4, -0.2) is 36.3 Å². The van der Waals surface area contributed by atoms with E-state index in [1.54, 1.807) is 0 Å². The molecule has 6 nitrogen and oxygen atoms in total. The average molecular weight is 331 g/mol. The molecule has 23 heavy (non-hydrogen) atoms. The Morgan fingerprint density at radius 2 is 1.87 bits per heavy atom. The maximum atomic E-state index is 12.7. The van der Waals surface area contributed by atoms with Gasteiger partial charge in [0, 0.05) is 18.5 Å². The molecule has 0 bridgehead atoms. The molecule has 1 fully saturated rings. The van der Waals surface area contributed by atoms with Crippen molar-refractivity contribution in [1.82, 2.24) is 10.2 Å². The molecule has 0 unspecified atom stereocenters. The molecule has 0 saturated carbocycles. The predicted molar refractivity (Wildman–Crippen MR) is 87.8 cm³/mol. The Balaban J connectivity index is 2.03. The number of hydrogen-bond donors (Lipinski definition) is 1. The number of imide groups is 2. The lowest BCUT2D eigenvalue weighted by Gasteiger charge is -2.29. The molecule has 0 radical (unpaired) electrons. The van der Waals surface area contributed by atoms with Crippen LogP contribution in [0.5, 0.6) is 0 Å². The summed E-state index contributed by atoms with van der Waals surface area (Å²) in [6, 6.07) is 7.02. The first-order chi connectivity index (χ1) is 10.9. The second kappa shape index (κ2) is 5.73. The second-order valence-corrected chi connectivity index (χ2v) is 6.91. The lowest BCUT2D eigenvalue weighted by molar-refractivity contribution is -0.130. The van der Waals surface area contributed by atoms with E-state index in [2.05, 4.69) is 5.32 Å². The van der Waals surface area contributed by atoms with Gasteiger partial charge in [0.25, 0.3) is 11.8 Å². The Morgan fingerprint density at radius 3 is 2.52 bits per heavy atom. The highest BCUT2D eigenvalue weighted by Crippen LogP contribution is 2.46. The van der Waals surface area contributed by atoms with Crippen molar-refractivity contribution in [2.45, 2.75) is 18.7 Å². The van der Waals surface area contributed by atoms with Crippen LogP contribution in [0.2, 0.25) is 0 Å². The summed E-state index contributed by atoms with van der Waals surface area (Å²) in [5.74, 6) is -1.05. The SMILES string of the molecule is CC(C)CN1C(=O)NC(=O)/C(=C2\Sc3ccccc3N2C)C1=O. The maximum absolute atomic E-state index is 12.7. The van der Waals surface area contributed by atoms with Crippen molar-refractivity contribution in [2.24, 2.45) is 5.92 Å². The fourth-order valence-electron chi connectivity index (χ4n) is 2.59. The van der Waals surface area contributed by atoms with Gasteiger partial charge in [-0.05, 0) is 18.1 Å². The molecule has 2 aliphatic heterocycles. The number of rotatable bonds is 2. The highest BCUT2D eigenvalue weighted by Gasteiger charge is 2.40. The van der Waals surface area contributed by atoms with Gasteiger partial charge in [0.05, 0.1) is 10.7 Å². The maximum Gasteiger partial charge on any atom is 0.331 e. The minimum Gasteiger partial charge on any atom is -0.337 e. The molecule has 0 atom stereocenters. The number of amides is 4. The zero-order valence-corrected chi connectivity index (χ0v) is 13.9. The van der Waals surface area contributed by atoms with Crippen LogP contribution >= 0.6 is 11.8 Å². The highest BCUT2D eigenvalue weighted by atomic mass is 32.2. The van der Waals surface area contributed by atoms with Crippen LogP contribution in [0.4, 0.5) is 10.5 Å². The zero-order valence-electron chi connectivity index (χ0n) is 13.1. The second-order valence-electron chi connectivity index (χ2n) is 5.88. The number of fused-ring (bicyclic) bond motifs is 1. The lowest BCUT2D eigenvalue weighted by atomic mass is 10.1. The Morgan fingerprint density at radius 1 is 1.17 bits per heavy atom. The van der Waals surface area contributed by atoms with Gasteiger partial charge in [-0.15, -0.1) is 0 Å². The van der Waals surface area contributed by atoms with E-state index in [0.29, 0.717) is 5.03 Å². The molecular weight excluding hydrogens is 314 g/mol. The molecule has 7 heteroatoms. The number of nitrogens with one attached hydrogen (secondary N) is 1. The van der Waals surface area contributed by atoms with Crippen molar-refractivity contribution in [3.63, 3.8) is 0 Å². The third-order valence-corrected chi connectivity index (χ3v) is 4.89. The van der Waals surface area contributed by atoms with Crippen molar-refractivity contribution in [2.75, 3.05) is 18.5 Å². The van der Waals surface area contributed by atoms with Gasteiger partial charge in [0.1, 0.15) is 5.57 Å². The van der Waals surface area contributed by atoms with Crippen LogP contribution in [-0.2, 0) is 9.59 Å². The zero-order chi connectivity index (χ0) is 16.7. The van der Waals surface area contributed by atoms with Gasteiger partial charge in [-0.1, -0.05) is 37.7 Å². The number of benzene rings is 1. The average Bonchev–Trinajstić information content (AvgIpc) is 2.81. The number of anilines is 1. The fourth-order valence-corrected chi connectivity index (χ4v) is 3.77. The van der Waals surface area contributed by atoms with E-state index in [4.69, 9.17) is 0 Å². The van der Waals surface area contributed by atoms with Crippen LogP contribution in [0.25, 0.3) is 0 Å². The number of carbonyl (C=O) groups is 3. The van der Waals surface area contributed by atoms with Crippen LogP contribution < -0.4 is 10.2 Å². The van der Waals surface area contributed by atoms with Gasteiger partial charge in [-0.2, -0.15) is 0 Å². The minimum atomic E-state index is -0.652. The van der Waals surface area contributed by atoms with Crippen molar-refractivity contribution in [3.8, 4) is 0 Å². The van der Waals surface area contributed by atoms with Gasteiger partial charge in [0.2, 0.25) is 0 Å². The first-order valence-corrected chi connectivity index (χ1v) is 8.14. The Kier molecular flexibility index (Phi) is 3.89.